The summed E-state index contributed by atoms with van der Waals surface area (Å²) in [6.07, 6.45) is 0. The van der Waals surface area contributed by atoms with Gasteiger partial charge in [0.05, 0.1) is 11.1 Å². The van der Waals surface area contributed by atoms with E-state index < -0.39 is 11.9 Å². The van der Waals surface area contributed by atoms with E-state index >= 15 is 0 Å². The number of phenolic OH excluding ortho intramolecular Hbond substituents is 2. The maximum Gasteiger partial charge on any atom is 0.335 e. The SMILES string of the molecule is O=C(O)c1ccc(O)cc1.O=C(O)c1ccc(O)cc1.[Mn]. The van der Waals surface area contributed by atoms with Crippen molar-refractivity contribution in [1.82, 2.24) is 0 Å². The Hall–Kier alpha value is -2.50. The van der Waals surface area contributed by atoms with Crippen molar-refractivity contribution in [1.29, 1.82) is 0 Å². The van der Waals surface area contributed by atoms with Crippen LogP contribution in [0.15, 0.2) is 48.5 Å². The van der Waals surface area contributed by atoms with Crippen molar-refractivity contribution in [2.75, 3.05) is 0 Å². The number of hydrogen-bond acceptors (Lipinski definition) is 4. The van der Waals surface area contributed by atoms with Crippen LogP contribution in [0.1, 0.15) is 20.7 Å². The monoisotopic (exact) mass is 331 g/mol. The number of aromatic carboxylic acids is 2. The van der Waals surface area contributed by atoms with Crippen LogP contribution in [-0.4, -0.2) is 32.4 Å². The smallest absolute Gasteiger partial charge is 0.335 e. The first-order chi connectivity index (χ1) is 9.40. The molecule has 0 aromatic heterocycles. The molecule has 6 nitrogen and oxygen atoms in total. The van der Waals surface area contributed by atoms with Gasteiger partial charge < -0.3 is 20.4 Å². The van der Waals surface area contributed by atoms with Crippen LogP contribution in [0.3, 0.4) is 0 Å². The summed E-state index contributed by atoms with van der Waals surface area (Å²) < 4.78 is 0. The minimum atomic E-state index is -0.986. The number of phenols is 2. The Morgan fingerprint density at radius 3 is 1.05 bits per heavy atom. The summed E-state index contributed by atoms with van der Waals surface area (Å²) in [6, 6.07) is 10.7. The molecule has 111 valence electrons. The summed E-state index contributed by atoms with van der Waals surface area (Å²) in [6.45, 7) is 0. The topological polar surface area (TPSA) is 115 Å². The molecule has 7 heteroatoms. The number of rotatable bonds is 2. The molecular weight excluding hydrogens is 319 g/mol. The van der Waals surface area contributed by atoms with E-state index in [1.165, 1.54) is 48.5 Å². The first-order valence-corrected chi connectivity index (χ1v) is 5.45. The van der Waals surface area contributed by atoms with Crippen LogP contribution in [0.5, 0.6) is 11.5 Å². The van der Waals surface area contributed by atoms with Crippen molar-refractivity contribution < 1.29 is 47.1 Å². The molecule has 4 N–H and O–H groups in total. The summed E-state index contributed by atoms with van der Waals surface area (Å²) >= 11 is 0. The van der Waals surface area contributed by atoms with Crippen LogP contribution in [0.2, 0.25) is 0 Å². The molecule has 2 aromatic rings. The van der Waals surface area contributed by atoms with Crippen molar-refractivity contribution in [3.63, 3.8) is 0 Å². The summed E-state index contributed by atoms with van der Waals surface area (Å²) in [5, 5.41) is 34.3. The van der Waals surface area contributed by atoms with Crippen LogP contribution >= 0.6 is 0 Å². The molecular formula is C14H12MnO6. The predicted molar refractivity (Wildman–Crippen MR) is 70.1 cm³/mol. The second kappa shape index (κ2) is 8.63. The van der Waals surface area contributed by atoms with Gasteiger partial charge in [0.2, 0.25) is 0 Å². The van der Waals surface area contributed by atoms with Crippen LogP contribution < -0.4 is 0 Å². The summed E-state index contributed by atoms with van der Waals surface area (Å²) in [4.78, 5) is 20.5. The van der Waals surface area contributed by atoms with Crippen molar-refractivity contribution in [3.8, 4) is 11.5 Å². The molecule has 0 saturated carbocycles. The number of hydrogen-bond donors (Lipinski definition) is 4. The quantitative estimate of drug-likeness (QED) is 0.627. The number of carbonyl (C=O) groups is 2. The van der Waals surface area contributed by atoms with Gasteiger partial charge >= 0.3 is 11.9 Å². The first kappa shape index (κ1) is 18.5. The molecule has 2 aromatic carbocycles. The Balaban J connectivity index is 0.000000364. The maximum absolute atomic E-state index is 10.2. The third-order valence-electron chi connectivity index (χ3n) is 2.23. The van der Waals surface area contributed by atoms with Crippen LogP contribution in [-0.2, 0) is 17.1 Å². The zero-order chi connectivity index (χ0) is 15.1. The summed E-state index contributed by atoms with van der Waals surface area (Å²) in [7, 11) is 0. The fourth-order valence-corrected chi connectivity index (χ4v) is 1.21. The van der Waals surface area contributed by atoms with Gasteiger partial charge in [-0.3, -0.25) is 0 Å². The Morgan fingerprint density at radius 1 is 0.619 bits per heavy atom. The van der Waals surface area contributed by atoms with Crippen LogP contribution in [0.4, 0.5) is 0 Å². The molecule has 0 atom stereocenters. The average Bonchev–Trinajstić information content (AvgIpc) is 2.40. The van der Waals surface area contributed by atoms with Gasteiger partial charge in [0.25, 0.3) is 0 Å². The molecule has 0 spiro atoms. The van der Waals surface area contributed by atoms with E-state index in [2.05, 4.69) is 0 Å². The number of aromatic hydroxyl groups is 2. The molecule has 0 amide bonds. The van der Waals surface area contributed by atoms with Gasteiger partial charge in [-0.25, -0.2) is 9.59 Å². The van der Waals surface area contributed by atoms with Gasteiger partial charge in [0.15, 0.2) is 0 Å². The van der Waals surface area contributed by atoms with Crippen molar-refractivity contribution in [3.05, 3.63) is 59.7 Å². The van der Waals surface area contributed by atoms with Gasteiger partial charge in [0, 0.05) is 17.1 Å². The Bertz CT molecular complexity index is 536. The predicted octanol–water partition coefficient (Wildman–Crippen LogP) is 2.18. The van der Waals surface area contributed by atoms with Crippen LogP contribution in [0.25, 0.3) is 0 Å². The molecule has 2 rings (SSSR count). The number of carboxylic acids is 2. The zero-order valence-electron chi connectivity index (χ0n) is 10.6. The molecule has 0 unspecified atom stereocenters. The van der Waals surface area contributed by atoms with Gasteiger partial charge in [-0.1, -0.05) is 0 Å². The number of carboxylic acid groups (broad SMARTS) is 2. The van der Waals surface area contributed by atoms with Gasteiger partial charge in [-0.2, -0.15) is 0 Å². The second-order valence-corrected chi connectivity index (χ2v) is 3.70. The van der Waals surface area contributed by atoms with Crippen molar-refractivity contribution in [2.24, 2.45) is 0 Å². The van der Waals surface area contributed by atoms with E-state index in [1.54, 1.807) is 0 Å². The third kappa shape index (κ3) is 6.47. The molecule has 0 aliphatic carbocycles. The van der Waals surface area contributed by atoms with E-state index in [0.29, 0.717) is 0 Å². The number of benzene rings is 2. The fraction of sp³-hybridized carbons (Fsp3) is 0. The Morgan fingerprint density at radius 2 is 0.857 bits per heavy atom. The summed E-state index contributed by atoms with van der Waals surface area (Å²) in [5.74, 6) is -1.82. The Labute approximate surface area is 130 Å². The van der Waals surface area contributed by atoms with E-state index in [1.807, 2.05) is 0 Å². The molecule has 0 bridgehead atoms. The molecule has 1 radical (unpaired) electrons. The second-order valence-electron chi connectivity index (χ2n) is 3.70. The van der Waals surface area contributed by atoms with Crippen molar-refractivity contribution >= 4 is 11.9 Å². The molecule has 0 saturated heterocycles. The van der Waals surface area contributed by atoms with Gasteiger partial charge in [-0.15, -0.1) is 0 Å². The van der Waals surface area contributed by atoms with E-state index in [0.717, 1.165) is 0 Å². The average molecular weight is 331 g/mol. The molecule has 0 aliphatic rings. The summed E-state index contributed by atoms with van der Waals surface area (Å²) in [5.41, 5.74) is 0.357. The molecule has 0 fully saturated rings. The Kier molecular flexibility index (Phi) is 7.60. The zero-order valence-corrected chi connectivity index (χ0v) is 11.8. The standard InChI is InChI=1S/2C7H6O3.Mn/c2*8-6-3-1-5(2-4-6)7(9)10;/h2*1-4,8H,(H,9,10);. The van der Waals surface area contributed by atoms with Crippen molar-refractivity contribution in [2.45, 2.75) is 0 Å². The third-order valence-corrected chi connectivity index (χ3v) is 2.23. The van der Waals surface area contributed by atoms with Gasteiger partial charge in [0.1, 0.15) is 11.5 Å². The van der Waals surface area contributed by atoms with Gasteiger partial charge in [-0.05, 0) is 48.5 Å². The van der Waals surface area contributed by atoms with Crippen LogP contribution in [0, 0.1) is 0 Å². The molecule has 0 aliphatic heterocycles. The molecule has 21 heavy (non-hydrogen) atoms. The maximum atomic E-state index is 10.2. The van der Waals surface area contributed by atoms with E-state index in [-0.39, 0.29) is 39.7 Å². The molecule has 0 heterocycles. The largest absolute Gasteiger partial charge is 0.508 e. The first-order valence-electron chi connectivity index (χ1n) is 5.45. The minimum Gasteiger partial charge on any atom is -0.508 e. The van der Waals surface area contributed by atoms with E-state index in [4.69, 9.17) is 20.4 Å². The van der Waals surface area contributed by atoms with E-state index in [9.17, 15) is 9.59 Å². The fourth-order valence-electron chi connectivity index (χ4n) is 1.21. The normalized spacial score (nSPS) is 8.76. The minimum absolute atomic E-state index is 0.